The first-order valence-electron chi connectivity index (χ1n) is 20.2. The number of aliphatic hydroxyl groups excluding tert-OH is 8. The molecule has 2 heterocycles. The van der Waals surface area contributed by atoms with Gasteiger partial charge in [-0.05, 0) is 105 Å². The summed E-state index contributed by atoms with van der Waals surface area (Å²) in [6, 6.07) is 0. The van der Waals surface area contributed by atoms with Crippen molar-refractivity contribution in [1.82, 2.24) is 0 Å². The fourth-order valence-electron chi connectivity index (χ4n) is 12.8. The third-order valence-electron chi connectivity index (χ3n) is 15.9. The molecular formula is C41H68O13. The minimum atomic E-state index is -1.68. The van der Waals surface area contributed by atoms with Crippen molar-refractivity contribution in [2.75, 3.05) is 13.2 Å². The van der Waals surface area contributed by atoms with Gasteiger partial charge in [0.25, 0.3) is 0 Å². The molecule has 4 saturated carbocycles. The Morgan fingerprint density at radius 3 is 2.19 bits per heavy atom. The van der Waals surface area contributed by atoms with Gasteiger partial charge in [-0.25, -0.2) is 0 Å². The molecule has 0 amide bonds. The van der Waals surface area contributed by atoms with Gasteiger partial charge in [0.2, 0.25) is 0 Å². The van der Waals surface area contributed by atoms with Crippen molar-refractivity contribution in [2.24, 2.45) is 45.3 Å². The van der Waals surface area contributed by atoms with Crippen LogP contribution in [0.4, 0.5) is 0 Å². The van der Waals surface area contributed by atoms with Crippen LogP contribution in [0, 0.1) is 45.3 Å². The molecule has 0 radical (unpaired) electrons. The first kappa shape index (κ1) is 42.5. The van der Waals surface area contributed by atoms with Crippen LogP contribution in [0.3, 0.4) is 0 Å². The summed E-state index contributed by atoms with van der Waals surface area (Å²) in [5.74, 6) is -0.661. The number of rotatable bonds is 9. The van der Waals surface area contributed by atoms with Gasteiger partial charge >= 0.3 is 0 Å². The Bertz CT molecular complexity index is 1400. The second-order valence-corrected chi connectivity index (χ2v) is 19.7. The quantitative estimate of drug-likeness (QED) is 0.158. The fraction of sp³-hybridized carbons (Fsp3) is 0.927. The molecule has 19 atom stereocenters. The summed E-state index contributed by atoms with van der Waals surface area (Å²) in [6.45, 7) is 16.1. The number of hydrogen-bond acceptors (Lipinski definition) is 13. The molecule has 0 aromatic rings. The van der Waals surface area contributed by atoms with E-state index in [1.165, 1.54) is 0 Å². The average Bonchev–Trinajstić information content (AvgIpc) is 3.47. The molecule has 310 valence electrons. The first-order chi connectivity index (χ1) is 25.0. The van der Waals surface area contributed by atoms with E-state index >= 15 is 0 Å². The Balaban J connectivity index is 1.28. The standard InChI is InChI=1S/C41H68O13/c1-20(2)10-9-13-41(8,54-36-33(50)31(48)30(47)25(53-36)19-52-35-32(49)29(46)24(44)18-51-35)21-11-15-39(6)28(21)22(42)16-26-38(5)14-12-27(45)37(3,4)34(38)23(43)17-40(26,39)7/h10,21,23-36,43-50H,9,11-19H2,1-8H3/t21-,23-,24-,25+,26+,27-,28-,29-,30+,31-,32+,33+,34-,35+,36-,38+,39+,40+,41-/m0/s1. The second kappa shape index (κ2) is 14.9. The van der Waals surface area contributed by atoms with Crippen LogP contribution < -0.4 is 0 Å². The van der Waals surface area contributed by atoms with Gasteiger partial charge in [-0.2, -0.15) is 0 Å². The normalized spacial score (nSPS) is 51.4. The lowest BCUT2D eigenvalue weighted by Gasteiger charge is -2.70. The molecule has 0 aromatic heterocycles. The summed E-state index contributed by atoms with van der Waals surface area (Å²) >= 11 is 0. The molecule has 6 fully saturated rings. The molecule has 2 aliphatic heterocycles. The third-order valence-corrected chi connectivity index (χ3v) is 15.9. The summed E-state index contributed by atoms with van der Waals surface area (Å²) in [6.07, 6.45) is -7.57. The molecule has 6 rings (SSSR count). The van der Waals surface area contributed by atoms with Crippen LogP contribution in [0.25, 0.3) is 0 Å². The van der Waals surface area contributed by atoms with Crippen LogP contribution in [0.15, 0.2) is 11.6 Å². The molecule has 13 nitrogen and oxygen atoms in total. The number of hydrogen-bond donors (Lipinski definition) is 8. The smallest absolute Gasteiger partial charge is 0.187 e. The predicted octanol–water partition coefficient (Wildman–Crippen LogP) is 1.97. The van der Waals surface area contributed by atoms with Crippen molar-refractivity contribution in [3.8, 4) is 0 Å². The molecular weight excluding hydrogens is 700 g/mol. The van der Waals surface area contributed by atoms with E-state index in [1.807, 2.05) is 20.8 Å². The van der Waals surface area contributed by atoms with E-state index in [2.05, 4.69) is 40.7 Å². The van der Waals surface area contributed by atoms with E-state index in [0.29, 0.717) is 38.5 Å². The van der Waals surface area contributed by atoms with Crippen LogP contribution in [0.5, 0.6) is 0 Å². The Morgan fingerprint density at radius 1 is 0.852 bits per heavy atom. The van der Waals surface area contributed by atoms with Gasteiger partial charge in [0.15, 0.2) is 12.6 Å². The van der Waals surface area contributed by atoms with E-state index in [9.17, 15) is 45.6 Å². The maximum Gasteiger partial charge on any atom is 0.187 e. The molecule has 0 spiro atoms. The van der Waals surface area contributed by atoms with Crippen molar-refractivity contribution >= 4 is 5.78 Å². The number of fused-ring (bicyclic) bond motifs is 5. The Hall–Kier alpha value is -1.07. The van der Waals surface area contributed by atoms with Gasteiger partial charge < -0.3 is 59.8 Å². The molecule has 0 aromatic carbocycles. The van der Waals surface area contributed by atoms with Crippen LogP contribution in [-0.4, -0.2) is 133 Å². The van der Waals surface area contributed by atoms with Gasteiger partial charge in [0.1, 0.15) is 48.5 Å². The van der Waals surface area contributed by atoms with Crippen LogP contribution >= 0.6 is 0 Å². The van der Waals surface area contributed by atoms with Crippen molar-refractivity contribution < 1.29 is 64.6 Å². The molecule has 6 aliphatic rings. The predicted molar refractivity (Wildman–Crippen MR) is 195 cm³/mol. The minimum Gasteiger partial charge on any atom is -0.393 e. The van der Waals surface area contributed by atoms with E-state index < -0.39 is 96.5 Å². The molecule has 54 heavy (non-hydrogen) atoms. The monoisotopic (exact) mass is 768 g/mol. The summed E-state index contributed by atoms with van der Waals surface area (Å²) in [5, 5.41) is 86.6. The highest BCUT2D eigenvalue weighted by Gasteiger charge is 2.73. The first-order valence-corrected chi connectivity index (χ1v) is 20.2. The van der Waals surface area contributed by atoms with Gasteiger partial charge in [-0.1, -0.05) is 46.3 Å². The van der Waals surface area contributed by atoms with Crippen molar-refractivity contribution in [3.63, 3.8) is 0 Å². The summed E-state index contributed by atoms with van der Waals surface area (Å²) in [7, 11) is 0. The lowest BCUT2D eigenvalue weighted by Crippen LogP contribution is -2.69. The van der Waals surface area contributed by atoms with Gasteiger partial charge in [0.05, 0.1) is 31.0 Å². The van der Waals surface area contributed by atoms with Gasteiger partial charge in [-0.3, -0.25) is 4.79 Å². The molecule has 8 N–H and O–H groups in total. The Labute approximate surface area is 320 Å². The summed E-state index contributed by atoms with van der Waals surface area (Å²) in [4.78, 5) is 14.8. The maximum atomic E-state index is 14.8. The number of ether oxygens (including phenoxy) is 4. The molecule has 4 aliphatic carbocycles. The van der Waals surface area contributed by atoms with E-state index in [1.54, 1.807) is 0 Å². The van der Waals surface area contributed by atoms with Gasteiger partial charge in [0, 0.05) is 12.3 Å². The van der Waals surface area contributed by atoms with E-state index in [4.69, 9.17) is 18.9 Å². The van der Waals surface area contributed by atoms with E-state index in [0.717, 1.165) is 18.4 Å². The lowest BCUT2D eigenvalue weighted by molar-refractivity contribution is -0.344. The zero-order valence-corrected chi connectivity index (χ0v) is 33.4. The number of aliphatic hydroxyl groups is 8. The highest BCUT2D eigenvalue weighted by Crippen LogP contribution is 2.75. The van der Waals surface area contributed by atoms with Gasteiger partial charge in [-0.15, -0.1) is 0 Å². The van der Waals surface area contributed by atoms with Crippen molar-refractivity contribution in [3.05, 3.63) is 11.6 Å². The van der Waals surface area contributed by atoms with Crippen LogP contribution in [0.2, 0.25) is 0 Å². The lowest BCUT2D eigenvalue weighted by atomic mass is 9.34. The summed E-state index contributed by atoms with van der Waals surface area (Å²) < 4.78 is 23.9. The zero-order chi connectivity index (χ0) is 39.9. The minimum absolute atomic E-state index is 0.0208. The molecule has 0 unspecified atom stereocenters. The SMILES string of the molecule is CC(C)=CCC[C@](C)(O[C@@H]1O[C@H](CO[C@H]2OC[C@H](O)[C@H](O)[C@H]2O)[C@@H](O)[C@H](O)[C@H]1O)[C@H]1CC[C@]2(C)[C@@H]1C(=O)C[C@@H]1[C@@]3(C)CC[C@H](O)C(C)(C)[C@@H]3[C@@H](O)C[C@]12C. The highest BCUT2D eigenvalue weighted by molar-refractivity contribution is 5.84. The number of ketones is 1. The summed E-state index contributed by atoms with van der Waals surface area (Å²) in [5.41, 5.74) is -1.63. The molecule has 0 bridgehead atoms. The zero-order valence-electron chi connectivity index (χ0n) is 33.4. The van der Waals surface area contributed by atoms with Crippen molar-refractivity contribution in [2.45, 2.75) is 180 Å². The number of carbonyl (C=O) groups is 1. The fourth-order valence-corrected chi connectivity index (χ4v) is 12.8. The van der Waals surface area contributed by atoms with Crippen molar-refractivity contribution in [1.29, 1.82) is 0 Å². The highest BCUT2D eigenvalue weighted by atomic mass is 16.7. The number of carbonyl (C=O) groups excluding carboxylic acids is 1. The Kier molecular flexibility index (Phi) is 11.8. The maximum absolute atomic E-state index is 14.8. The van der Waals surface area contributed by atoms with E-state index in [-0.39, 0.29) is 41.0 Å². The molecule has 2 saturated heterocycles. The third kappa shape index (κ3) is 6.77. The second-order valence-electron chi connectivity index (χ2n) is 19.7. The topological polar surface area (TPSA) is 216 Å². The van der Waals surface area contributed by atoms with Crippen LogP contribution in [-0.2, 0) is 23.7 Å². The Morgan fingerprint density at radius 2 is 1.52 bits per heavy atom. The number of Topliss-reactive ketones (excluding diaryl/α,β-unsaturated/α-hetero) is 1. The largest absolute Gasteiger partial charge is 0.393 e. The average molecular weight is 769 g/mol. The van der Waals surface area contributed by atoms with Crippen LogP contribution in [0.1, 0.15) is 107 Å². The molecule has 13 heteroatoms. The number of allylic oxidation sites excluding steroid dienone is 2.